The molecule has 0 aliphatic heterocycles. The molecule has 1 rings (SSSR count). The molecule has 0 aromatic rings. The van der Waals surface area contributed by atoms with Crippen LogP contribution in [0.25, 0.3) is 0 Å². The van der Waals surface area contributed by atoms with Gasteiger partial charge in [0.2, 0.25) is 0 Å². The molecule has 0 amide bonds. The minimum absolute atomic E-state index is 0.0108. The Kier molecular flexibility index (Phi) is 5.77. The van der Waals surface area contributed by atoms with Crippen molar-refractivity contribution in [1.82, 2.24) is 0 Å². The molecule has 1 aliphatic carbocycles. The van der Waals surface area contributed by atoms with Crippen LogP contribution in [-0.4, -0.2) is 18.1 Å². The minimum Gasteiger partial charge on any atom is -0.323 e. The van der Waals surface area contributed by atoms with Gasteiger partial charge >= 0.3 is 6.18 Å². The van der Waals surface area contributed by atoms with Gasteiger partial charge in [-0.2, -0.15) is 18.3 Å². The van der Waals surface area contributed by atoms with Gasteiger partial charge in [-0.3, -0.25) is 0 Å². The van der Waals surface area contributed by atoms with E-state index in [1.54, 1.807) is 6.08 Å². The van der Waals surface area contributed by atoms with Crippen LogP contribution in [0.15, 0.2) is 21.1 Å². The first-order valence-electron chi connectivity index (χ1n) is 4.84. The van der Waals surface area contributed by atoms with Crippen LogP contribution in [0.5, 0.6) is 0 Å². The number of alkyl halides is 3. The predicted octanol–water partition coefficient (Wildman–Crippen LogP) is 3.66. The molecule has 0 saturated carbocycles. The Balaban J connectivity index is 2.71. The van der Waals surface area contributed by atoms with Crippen LogP contribution in [-0.2, 0) is 0 Å². The van der Waals surface area contributed by atoms with E-state index in [4.69, 9.17) is 5.84 Å². The summed E-state index contributed by atoms with van der Waals surface area (Å²) in [6.07, 6.45) is -0.691. The van der Waals surface area contributed by atoms with Crippen LogP contribution in [0.4, 0.5) is 13.2 Å². The zero-order valence-corrected chi connectivity index (χ0v) is 11.7. The number of allylic oxidation sites excluding steroid dienone is 2. The molecule has 0 spiro atoms. The van der Waals surface area contributed by atoms with E-state index in [0.29, 0.717) is 12.1 Å². The molecule has 1 atom stereocenters. The van der Waals surface area contributed by atoms with Gasteiger partial charge in [0.1, 0.15) is 5.71 Å². The van der Waals surface area contributed by atoms with Gasteiger partial charge in [-0.25, -0.2) is 4.40 Å². The molecule has 17 heavy (non-hydrogen) atoms. The first-order valence-corrected chi connectivity index (χ1v) is 8.15. The highest BCUT2D eigenvalue weighted by Crippen LogP contribution is 2.36. The van der Waals surface area contributed by atoms with Crippen LogP contribution >= 0.6 is 30.3 Å². The van der Waals surface area contributed by atoms with Crippen molar-refractivity contribution in [2.24, 2.45) is 21.3 Å². The lowest BCUT2D eigenvalue weighted by Gasteiger charge is -2.23. The molecule has 0 bridgehead atoms. The summed E-state index contributed by atoms with van der Waals surface area (Å²) in [4.78, 5) is 0. The Morgan fingerprint density at radius 2 is 2.29 bits per heavy atom. The Morgan fingerprint density at radius 1 is 1.59 bits per heavy atom. The van der Waals surface area contributed by atoms with Gasteiger partial charge in [0.25, 0.3) is 0 Å². The number of hydrogen-bond donors (Lipinski definition) is 1. The van der Waals surface area contributed by atoms with E-state index in [1.807, 2.05) is 21.2 Å². The van der Waals surface area contributed by atoms with Crippen molar-refractivity contribution < 1.29 is 13.2 Å². The molecular weight excluding hydrogens is 366 g/mol. The Bertz CT molecular complexity index is 352. The number of rotatable bonds is 3. The van der Waals surface area contributed by atoms with Gasteiger partial charge < -0.3 is 5.84 Å². The number of nitrogens with zero attached hydrogens (tertiary/aromatic N) is 2. The lowest BCUT2D eigenvalue weighted by molar-refractivity contribution is -0.176. The quantitative estimate of drug-likeness (QED) is 0.268. The Morgan fingerprint density at radius 3 is 2.71 bits per heavy atom. The number of halogens is 4. The van der Waals surface area contributed by atoms with E-state index >= 15 is 0 Å². The monoisotopic (exact) mass is 377 g/mol. The van der Waals surface area contributed by atoms with Crippen LogP contribution in [0.1, 0.15) is 19.3 Å². The maximum absolute atomic E-state index is 12.4. The molecule has 2 N–H and O–H groups in total. The molecule has 0 saturated heterocycles. The summed E-state index contributed by atoms with van der Waals surface area (Å²) in [5.41, 5.74) is 1.19. The van der Waals surface area contributed by atoms with Crippen LogP contribution < -0.4 is 5.84 Å². The van der Waals surface area contributed by atoms with E-state index in [2.05, 4.69) is 9.50 Å². The van der Waals surface area contributed by atoms with E-state index in [1.165, 1.54) is 15.3 Å². The zero-order valence-electron chi connectivity index (χ0n) is 8.75. The largest absolute Gasteiger partial charge is 0.392 e. The average molecular weight is 377 g/mol. The lowest BCUT2D eigenvalue weighted by Crippen LogP contribution is -2.25. The van der Waals surface area contributed by atoms with Crippen LogP contribution in [0, 0.1) is 5.92 Å². The van der Waals surface area contributed by atoms with Crippen molar-refractivity contribution >= 4 is 42.3 Å². The molecule has 0 heterocycles. The fraction of sp³-hybridized carbons (Fsp3) is 0.556. The minimum atomic E-state index is -4.12. The second kappa shape index (κ2) is 6.62. The van der Waals surface area contributed by atoms with E-state index in [0.717, 1.165) is 5.57 Å². The maximum atomic E-state index is 12.4. The fourth-order valence-corrected chi connectivity index (χ4v) is 2.11. The van der Waals surface area contributed by atoms with E-state index in [-0.39, 0.29) is 12.8 Å². The summed E-state index contributed by atoms with van der Waals surface area (Å²) in [5.74, 6) is 3.94. The zero-order chi connectivity index (χ0) is 12.9. The van der Waals surface area contributed by atoms with Crippen molar-refractivity contribution in [3.63, 3.8) is 0 Å². The lowest BCUT2D eigenvalue weighted by atomic mass is 9.87. The smallest absolute Gasteiger partial charge is 0.323 e. The second-order valence-corrected chi connectivity index (χ2v) is 5.09. The van der Waals surface area contributed by atoms with Crippen molar-refractivity contribution in [3.05, 3.63) is 11.6 Å². The van der Waals surface area contributed by atoms with Crippen molar-refractivity contribution in [1.29, 1.82) is 0 Å². The predicted molar refractivity (Wildman–Crippen MR) is 73.2 cm³/mol. The third kappa shape index (κ3) is 4.49. The topological polar surface area (TPSA) is 50.7 Å². The molecule has 96 valence electrons. The standard InChI is InChI=1S/C9H11F3IN3S/c10-9(11,12)7-3-1-6(2-4-7)8(16-14)5-15-17-13/h1,5,7H,2-4,14H2. The Hall–Kier alpha value is -0.250. The molecule has 1 aliphatic rings. The summed E-state index contributed by atoms with van der Waals surface area (Å²) < 4.78 is 41.2. The first-order chi connectivity index (χ1) is 7.99. The molecule has 0 radical (unpaired) electrons. The molecule has 1 unspecified atom stereocenters. The molecule has 0 fully saturated rings. The average Bonchev–Trinajstić information content (AvgIpc) is 2.29. The first kappa shape index (κ1) is 14.8. The van der Waals surface area contributed by atoms with Gasteiger partial charge in [-0.1, -0.05) is 6.08 Å². The summed E-state index contributed by atoms with van der Waals surface area (Å²) in [5, 5.41) is 3.54. The number of hydrogen-bond acceptors (Lipinski definition) is 4. The molecule has 8 heteroatoms. The van der Waals surface area contributed by atoms with E-state index < -0.39 is 12.1 Å². The van der Waals surface area contributed by atoms with Gasteiger partial charge in [-0.15, -0.1) is 0 Å². The summed E-state index contributed by atoms with van der Waals surface area (Å²) in [6.45, 7) is 0. The molecule has 0 aromatic carbocycles. The summed E-state index contributed by atoms with van der Waals surface area (Å²) >= 11 is 1.98. The van der Waals surface area contributed by atoms with E-state index in [9.17, 15) is 13.2 Å². The third-order valence-electron chi connectivity index (χ3n) is 2.56. The van der Waals surface area contributed by atoms with Crippen molar-refractivity contribution in [3.8, 4) is 0 Å². The van der Waals surface area contributed by atoms with Crippen molar-refractivity contribution in [2.75, 3.05) is 0 Å². The maximum Gasteiger partial charge on any atom is 0.392 e. The SMILES string of the molecule is NN=C(C=NSI)C1=CCC(C(F)(F)F)CC1. The highest BCUT2D eigenvalue weighted by Gasteiger charge is 2.39. The Labute approximate surface area is 114 Å². The van der Waals surface area contributed by atoms with Crippen LogP contribution in [0.3, 0.4) is 0 Å². The summed E-state index contributed by atoms with van der Waals surface area (Å²) in [6, 6.07) is 0. The van der Waals surface area contributed by atoms with Gasteiger partial charge in [0.15, 0.2) is 0 Å². The molecular formula is C9H11F3IN3S. The fourth-order valence-electron chi connectivity index (χ4n) is 1.63. The number of nitrogens with two attached hydrogens (primary N) is 1. The summed E-state index contributed by atoms with van der Waals surface area (Å²) in [7, 11) is 1.21. The second-order valence-electron chi connectivity index (χ2n) is 3.56. The molecule has 3 nitrogen and oxygen atoms in total. The molecule has 0 aromatic heterocycles. The van der Waals surface area contributed by atoms with Gasteiger partial charge in [0, 0.05) is 30.3 Å². The highest BCUT2D eigenvalue weighted by atomic mass is 127. The number of hydrazone groups is 1. The highest BCUT2D eigenvalue weighted by molar-refractivity contribution is 14.2. The normalized spacial score (nSPS) is 22.9. The van der Waals surface area contributed by atoms with Gasteiger partial charge in [-0.05, 0) is 24.8 Å². The van der Waals surface area contributed by atoms with Gasteiger partial charge in [0.05, 0.1) is 12.1 Å². The van der Waals surface area contributed by atoms with Crippen molar-refractivity contribution in [2.45, 2.75) is 25.4 Å². The third-order valence-corrected chi connectivity index (χ3v) is 3.42. The van der Waals surface area contributed by atoms with Crippen LogP contribution in [0.2, 0.25) is 0 Å².